The Kier molecular flexibility index (Phi) is 4.61. The number of hydrogen-bond donors (Lipinski definition) is 0. The highest BCUT2D eigenvalue weighted by Crippen LogP contribution is 2.25. The molecular weight excluding hydrogens is 380 g/mol. The topological polar surface area (TPSA) is 75.2 Å². The molecule has 0 aliphatic carbocycles. The number of ether oxygens (including phenoxy) is 2. The highest BCUT2D eigenvalue weighted by molar-refractivity contribution is 5.78. The van der Waals surface area contributed by atoms with Crippen LogP contribution in [-0.4, -0.2) is 26.9 Å². The third-order valence-corrected chi connectivity index (χ3v) is 4.79. The Labute approximate surface area is 172 Å². The molecule has 5 rings (SSSR count). The van der Waals surface area contributed by atoms with Crippen LogP contribution in [0.1, 0.15) is 5.82 Å². The largest absolute Gasteiger partial charge is 0.497 e. The Morgan fingerprint density at radius 3 is 2.40 bits per heavy atom. The number of hydrogen-bond acceptors (Lipinski definition) is 6. The van der Waals surface area contributed by atoms with Gasteiger partial charge < -0.3 is 13.9 Å². The molecule has 7 nitrogen and oxygen atoms in total. The van der Waals surface area contributed by atoms with Crippen molar-refractivity contribution < 1.29 is 13.9 Å². The lowest BCUT2D eigenvalue weighted by molar-refractivity contribution is 0.294. The van der Waals surface area contributed by atoms with Gasteiger partial charge >= 0.3 is 0 Å². The summed E-state index contributed by atoms with van der Waals surface area (Å²) in [6.07, 6.45) is 1.31. The predicted octanol–water partition coefficient (Wildman–Crippen LogP) is 4.66. The zero-order valence-corrected chi connectivity index (χ0v) is 16.2. The monoisotopic (exact) mass is 398 g/mol. The van der Waals surface area contributed by atoms with Gasteiger partial charge in [-0.1, -0.05) is 12.1 Å². The maximum atomic E-state index is 6.03. The van der Waals surface area contributed by atoms with Crippen LogP contribution in [0.25, 0.3) is 28.2 Å². The lowest BCUT2D eigenvalue weighted by Gasteiger charge is -2.11. The van der Waals surface area contributed by atoms with E-state index < -0.39 is 0 Å². The van der Waals surface area contributed by atoms with Gasteiger partial charge in [-0.15, -0.1) is 10.2 Å². The number of aromatic nitrogens is 4. The summed E-state index contributed by atoms with van der Waals surface area (Å²) in [5, 5.41) is 7.61. The van der Waals surface area contributed by atoms with Crippen LogP contribution in [0, 0.1) is 0 Å². The molecule has 2 aromatic heterocycles. The Balaban J connectivity index is 1.44. The van der Waals surface area contributed by atoms with Crippen molar-refractivity contribution in [3.63, 3.8) is 0 Å². The minimum absolute atomic E-state index is 0.320. The third kappa shape index (κ3) is 3.37. The SMILES string of the molecule is COc1ccc(-n2c(COc3ccc(-c4nnco4)cc3)nc3ccccc32)cc1. The van der Waals surface area contributed by atoms with Gasteiger partial charge in [0.1, 0.15) is 18.1 Å². The molecule has 0 atom stereocenters. The highest BCUT2D eigenvalue weighted by atomic mass is 16.5. The minimum atomic E-state index is 0.320. The van der Waals surface area contributed by atoms with Gasteiger partial charge in [-0.3, -0.25) is 4.57 Å². The number of methoxy groups -OCH3 is 1. The molecule has 0 bridgehead atoms. The normalized spacial score (nSPS) is 11.0. The van der Waals surface area contributed by atoms with Crippen molar-refractivity contribution in [1.82, 2.24) is 19.7 Å². The smallest absolute Gasteiger partial charge is 0.247 e. The van der Waals surface area contributed by atoms with E-state index in [1.54, 1.807) is 7.11 Å². The Hall–Kier alpha value is -4.13. The molecule has 3 aromatic carbocycles. The molecule has 0 amide bonds. The van der Waals surface area contributed by atoms with E-state index in [0.717, 1.165) is 39.6 Å². The highest BCUT2D eigenvalue weighted by Gasteiger charge is 2.13. The second-order valence-electron chi connectivity index (χ2n) is 6.61. The van der Waals surface area contributed by atoms with Gasteiger partial charge in [-0.25, -0.2) is 4.98 Å². The Morgan fingerprint density at radius 1 is 0.900 bits per heavy atom. The fourth-order valence-corrected chi connectivity index (χ4v) is 3.33. The number of nitrogens with zero attached hydrogens (tertiary/aromatic N) is 4. The van der Waals surface area contributed by atoms with E-state index in [0.29, 0.717) is 12.5 Å². The van der Waals surface area contributed by atoms with Crippen LogP contribution in [0.2, 0.25) is 0 Å². The molecule has 7 heteroatoms. The Morgan fingerprint density at radius 2 is 1.67 bits per heavy atom. The van der Waals surface area contributed by atoms with E-state index in [9.17, 15) is 0 Å². The van der Waals surface area contributed by atoms with Gasteiger partial charge in [0.05, 0.1) is 18.1 Å². The number of imidazole rings is 1. The van der Waals surface area contributed by atoms with E-state index in [4.69, 9.17) is 18.9 Å². The first-order valence-corrected chi connectivity index (χ1v) is 9.42. The average molecular weight is 398 g/mol. The summed E-state index contributed by atoms with van der Waals surface area (Å²) < 4.78 is 18.6. The second kappa shape index (κ2) is 7.71. The van der Waals surface area contributed by atoms with Gasteiger partial charge in [0.15, 0.2) is 5.82 Å². The van der Waals surface area contributed by atoms with E-state index in [2.05, 4.69) is 20.8 Å². The molecule has 0 N–H and O–H groups in total. The third-order valence-electron chi connectivity index (χ3n) is 4.79. The van der Waals surface area contributed by atoms with Gasteiger partial charge in [0.2, 0.25) is 12.3 Å². The van der Waals surface area contributed by atoms with Crippen LogP contribution in [0.3, 0.4) is 0 Å². The van der Waals surface area contributed by atoms with E-state index >= 15 is 0 Å². The molecule has 0 spiro atoms. The second-order valence-corrected chi connectivity index (χ2v) is 6.61. The van der Waals surface area contributed by atoms with Crippen LogP contribution in [0.5, 0.6) is 11.5 Å². The van der Waals surface area contributed by atoms with Gasteiger partial charge in [0, 0.05) is 11.3 Å². The molecule has 5 aromatic rings. The first-order valence-electron chi connectivity index (χ1n) is 9.42. The van der Waals surface area contributed by atoms with E-state index in [1.165, 1.54) is 6.39 Å². The Bertz CT molecular complexity index is 1260. The standard InChI is InChI=1S/C23H18N4O3/c1-28-18-12-8-17(9-13-18)27-21-5-3-2-4-20(21)25-22(27)14-29-19-10-6-16(7-11-19)23-26-24-15-30-23/h2-13,15H,14H2,1H3. The summed E-state index contributed by atoms with van der Waals surface area (Å²) in [5.74, 6) is 2.82. The van der Waals surface area contributed by atoms with Gasteiger partial charge in [-0.05, 0) is 60.7 Å². The van der Waals surface area contributed by atoms with Crippen LogP contribution < -0.4 is 9.47 Å². The summed E-state index contributed by atoms with van der Waals surface area (Å²) >= 11 is 0. The molecule has 30 heavy (non-hydrogen) atoms. The van der Waals surface area contributed by atoms with Crippen molar-refractivity contribution in [2.24, 2.45) is 0 Å². The van der Waals surface area contributed by atoms with E-state index in [1.807, 2.05) is 66.7 Å². The number of fused-ring (bicyclic) bond motifs is 1. The van der Waals surface area contributed by atoms with Crippen molar-refractivity contribution >= 4 is 11.0 Å². The molecule has 0 radical (unpaired) electrons. The summed E-state index contributed by atoms with van der Waals surface area (Å²) in [7, 11) is 1.66. The summed E-state index contributed by atoms with van der Waals surface area (Å²) in [5.41, 5.74) is 3.77. The molecule has 0 saturated heterocycles. The van der Waals surface area contributed by atoms with E-state index in [-0.39, 0.29) is 0 Å². The van der Waals surface area contributed by atoms with Gasteiger partial charge in [0.25, 0.3) is 0 Å². The maximum absolute atomic E-state index is 6.03. The number of para-hydroxylation sites is 2. The molecule has 0 aliphatic rings. The molecule has 0 fully saturated rings. The van der Waals surface area contributed by atoms with Crippen molar-refractivity contribution in [2.45, 2.75) is 6.61 Å². The zero-order chi connectivity index (χ0) is 20.3. The van der Waals surface area contributed by atoms with Crippen molar-refractivity contribution in [2.75, 3.05) is 7.11 Å². The lowest BCUT2D eigenvalue weighted by atomic mass is 10.2. The molecule has 0 aliphatic heterocycles. The first-order chi connectivity index (χ1) is 14.8. The fraction of sp³-hybridized carbons (Fsp3) is 0.0870. The number of rotatable bonds is 6. The van der Waals surface area contributed by atoms with Crippen molar-refractivity contribution in [3.05, 3.63) is 85.0 Å². The first kappa shape index (κ1) is 17.9. The lowest BCUT2D eigenvalue weighted by Crippen LogP contribution is -2.05. The average Bonchev–Trinajstić information content (AvgIpc) is 3.46. The van der Waals surface area contributed by atoms with Crippen molar-refractivity contribution in [1.29, 1.82) is 0 Å². The van der Waals surface area contributed by atoms with Crippen LogP contribution >= 0.6 is 0 Å². The van der Waals surface area contributed by atoms with Crippen molar-refractivity contribution in [3.8, 4) is 28.6 Å². The molecule has 148 valence electrons. The number of benzene rings is 3. The summed E-state index contributed by atoms with van der Waals surface area (Å²) in [4.78, 5) is 4.78. The van der Waals surface area contributed by atoms with Crippen LogP contribution in [0.15, 0.2) is 83.6 Å². The molecule has 0 unspecified atom stereocenters. The maximum Gasteiger partial charge on any atom is 0.247 e. The quantitative estimate of drug-likeness (QED) is 0.414. The zero-order valence-electron chi connectivity index (χ0n) is 16.2. The summed E-state index contributed by atoms with van der Waals surface area (Å²) in [6, 6.07) is 23.4. The molecule has 0 saturated carbocycles. The predicted molar refractivity (Wildman–Crippen MR) is 112 cm³/mol. The fourth-order valence-electron chi connectivity index (χ4n) is 3.33. The van der Waals surface area contributed by atoms with Crippen LogP contribution in [-0.2, 0) is 6.61 Å². The van der Waals surface area contributed by atoms with Crippen LogP contribution in [0.4, 0.5) is 0 Å². The summed E-state index contributed by atoms with van der Waals surface area (Å²) in [6.45, 7) is 0.320. The molecular formula is C23H18N4O3. The van der Waals surface area contributed by atoms with Gasteiger partial charge in [-0.2, -0.15) is 0 Å². The molecule has 2 heterocycles. The minimum Gasteiger partial charge on any atom is -0.497 e.